The molecule has 7 nitrogen and oxygen atoms in total. The van der Waals surface area contributed by atoms with Crippen molar-refractivity contribution in [1.82, 2.24) is 19.6 Å². The second kappa shape index (κ2) is 13.9. The van der Waals surface area contributed by atoms with Crippen molar-refractivity contribution in [3.63, 3.8) is 0 Å². The van der Waals surface area contributed by atoms with Crippen LogP contribution in [0.1, 0.15) is 33.8 Å². The molecule has 2 saturated heterocycles. The van der Waals surface area contributed by atoms with Crippen LogP contribution in [-0.2, 0) is 10.9 Å². The standard InChI is InChI=1S/C29H37BrF4N4O3/c1-35(28(40)22-13-23(29(32,33)34)15-24(30)14-22)16-21(20-3-5-25(31)6-4-20)7-8-36-17-26(18-36)37-9-11-38(12-10-37)27(39)19-41-2/h3-6,13-15,21,26-27,39H,7-12,16-19H2,1-2H3/t21-,27?/m1/s1. The lowest BCUT2D eigenvalue weighted by Crippen LogP contribution is -2.64. The first-order valence-electron chi connectivity index (χ1n) is 13.7. The summed E-state index contributed by atoms with van der Waals surface area (Å²) in [5.41, 5.74) is -0.0647. The van der Waals surface area contributed by atoms with Gasteiger partial charge in [-0.25, -0.2) is 4.39 Å². The minimum absolute atomic E-state index is 0.0486. The lowest BCUT2D eigenvalue weighted by atomic mass is 9.93. The van der Waals surface area contributed by atoms with Gasteiger partial charge in [-0.15, -0.1) is 0 Å². The maximum atomic E-state index is 13.6. The molecule has 1 amide bonds. The van der Waals surface area contributed by atoms with Gasteiger partial charge in [0.1, 0.15) is 12.0 Å². The van der Waals surface area contributed by atoms with Crippen LogP contribution in [0.15, 0.2) is 46.9 Å². The minimum atomic E-state index is -4.57. The number of aliphatic hydroxyl groups is 1. The van der Waals surface area contributed by atoms with E-state index in [-0.39, 0.29) is 28.3 Å². The van der Waals surface area contributed by atoms with Gasteiger partial charge < -0.3 is 19.6 Å². The van der Waals surface area contributed by atoms with Gasteiger partial charge in [-0.2, -0.15) is 13.2 Å². The van der Waals surface area contributed by atoms with Gasteiger partial charge in [0.25, 0.3) is 5.91 Å². The number of ether oxygens (including phenoxy) is 1. The van der Waals surface area contributed by atoms with Crippen molar-refractivity contribution in [1.29, 1.82) is 0 Å². The van der Waals surface area contributed by atoms with E-state index < -0.39 is 23.9 Å². The first kappa shape index (κ1) is 31.8. The molecule has 2 aliphatic rings. The molecule has 0 bridgehead atoms. The van der Waals surface area contributed by atoms with Crippen molar-refractivity contribution < 1.29 is 32.2 Å². The van der Waals surface area contributed by atoms with Crippen LogP contribution < -0.4 is 0 Å². The third-order valence-electron chi connectivity index (χ3n) is 7.99. The summed E-state index contributed by atoms with van der Waals surface area (Å²) in [5.74, 6) is -0.988. The van der Waals surface area contributed by atoms with E-state index in [0.717, 1.165) is 63.5 Å². The predicted molar refractivity (Wildman–Crippen MR) is 151 cm³/mol. The Balaban J connectivity index is 1.34. The van der Waals surface area contributed by atoms with E-state index in [1.807, 2.05) is 4.90 Å². The maximum absolute atomic E-state index is 13.6. The number of alkyl halides is 3. The molecule has 2 heterocycles. The zero-order chi connectivity index (χ0) is 29.7. The number of carbonyl (C=O) groups excluding carboxylic acids is 1. The first-order chi connectivity index (χ1) is 19.4. The lowest BCUT2D eigenvalue weighted by Gasteiger charge is -2.49. The number of likely N-dealkylation sites (tertiary alicyclic amines) is 1. The van der Waals surface area contributed by atoms with Crippen LogP contribution in [-0.4, -0.2) is 116 Å². The van der Waals surface area contributed by atoms with E-state index in [2.05, 4.69) is 25.7 Å². The van der Waals surface area contributed by atoms with Crippen LogP contribution in [0.25, 0.3) is 0 Å². The number of carbonyl (C=O) groups is 1. The Morgan fingerprint density at radius 3 is 2.39 bits per heavy atom. The highest BCUT2D eigenvalue weighted by atomic mass is 79.9. The van der Waals surface area contributed by atoms with Crippen molar-refractivity contribution in [3.8, 4) is 0 Å². The van der Waals surface area contributed by atoms with E-state index in [4.69, 9.17) is 4.74 Å². The number of piperazine rings is 1. The van der Waals surface area contributed by atoms with E-state index in [0.29, 0.717) is 19.1 Å². The van der Waals surface area contributed by atoms with E-state index in [9.17, 15) is 27.5 Å². The second-order valence-corrected chi connectivity index (χ2v) is 11.8. The van der Waals surface area contributed by atoms with E-state index >= 15 is 0 Å². The Labute approximate surface area is 246 Å². The summed E-state index contributed by atoms with van der Waals surface area (Å²) < 4.78 is 58.8. The molecule has 0 spiro atoms. The molecule has 1 unspecified atom stereocenters. The average Bonchev–Trinajstić information content (AvgIpc) is 2.91. The lowest BCUT2D eigenvalue weighted by molar-refractivity contribution is -0.137. The SMILES string of the molecule is COCC(O)N1CCN(C2CN(CC[C@H](CN(C)C(=O)c3cc(Br)cc(C(F)(F)F)c3)c3ccc(F)cc3)C2)CC1. The zero-order valence-electron chi connectivity index (χ0n) is 23.3. The predicted octanol–water partition coefficient (Wildman–Crippen LogP) is 4.12. The summed E-state index contributed by atoms with van der Waals surface area (Å²) in [6.45, 7) is 6.54. The molecule has 4 rings (SSSR count). The Bertz CT molecular complexity index is 1160. The number of hydrogen-bond donors (Lipinski definition) is 1. The number of amides is 1. The smallest absolute Gasteiger partial charge is 0.381 e. The molecule has 2 aromatic carbocycles. The minimum Gasteiger partial charge on any atom is -0.381 e. The summed E-state index contributed by atoms with van der Waals surface area (Å²) >= 11 is 3.09. The molecule has 2 aliphatic heterocycles. The Morgan fingerprint density at radius 1 is 1.12 bits per heavy atom. The van der Waals surface area contributed by atoms with Crippen molar-refractivity contribution >= 4 is 21.8 Å². The molecule has 0 aliphatic carbocycles. The molecular formula is C29H37BrF4N4O3. The largest absolute Gasteiger partial charge is 0.416 e. The summed E-state index contributed by atoms with van der Waals surface area (Å²) in [5, 5.41) is 10.1. The van der Waals surface area contributed by atoms with Crippen molar-refractivity contribution in [2.75, 3.05) is 73.1 Å². The molecule has 0 saturated carbocycles. The Morgan fingerprint density at radius 2 is 1.78 bits per heavy atom. The van der Waals surface area contributed by atoms with Crippen LogP contribution in [0.3, 0.4) is 0 Å². The van der Waals surface area contributed by atoms with E-state index in [1.165, 1.54) is 23.1 Å². The molecule has 12 heteroatoms. The van der Waals surface area contributed by atoms with Crippen LogP contribution in [0, 0.1) is 5.82 Å². The average molecular weight is 646 g/mol. The normalized spacial score (nSPS) is 19.1. The van der Waals surface area contributed by atoms with Crippen LogP contribution in [0.5, 0.6) is 0 Å². The van der Waals surface area contributed by atoms with Crippen molar-refractivity contribution in [3.05, 3.63) is 69.4 Å². The van der Waals surface area contributed by atoms with Gasteiger partial charge in [0.15, 0.2) is 0 Å². The molecule has 226 valence electrons. The van der Waals surface area contributed by atoms with Crippen LogP contribution >= 0.6 is 15.9 Å². The third kappa shape index (κ3) is 8.48. The van der Waals surface area contributed by atoms with Gasteiger partial charge in [0, 0.05) is 82.0 Å². The summed E-state index contributed by atoms with van der Waals surface area (Å²) in [6, 6.07) is 9.83. The fraction of sp³-hybridized carbons (Fsp3) is 0.552. The Hall–Kier alpha value is -2.09. The van der Waals surface area contributed by atoms with Gasteiger partial charge in [-0.1, -0.05) is 28.1 Å². The number of rotatable bonds is 11. The van der Waals surface area contributed by atoms with Crippen molar-refractivity contribution in [2.24, 2.45) is 0 Å². The van der Waals surface area contributed by atoms with Gasteiger partial charge in [-0.05, 0) is 48.9 Å². The summed E-state index contributed by atoms with van der Waals surface area (Å²) in [7, 11) is 3.16. The number of likely N-dealkylation sites (N-methyl/N-ethyl adjacent to an activating group) is 1. The molecule has 1 N–H and O–H groups in total. The second-order valence-electron chi connectivity index (χ2n) is 10.9. The van der Waals surface area contributed by atoms with Crippen molar-refractivity contribution in [2.45, 2.75) is 30.8 Å². The number of nitrogens with zero attached hydrogens (tertiary/aromatic N) is 4. The van der Waals surface area contributed by atoms with Crippen LogP contribution in [0.4, 0.5) is 17.6 Å². The maximum Gasteiger partial charge on any atom is 0.416 e. The molecule has 0 aromatic heterocycles. The highest BCUT2D eigenvalue weighted by molar-refractivity contribution is 9.10. The highest BCUT2D eigenvalue weighted by Crippen LogP contribution is 2.33. The monoisotopic (exact) mass is 644 g/mol. The van der Waals surface area contributed by atoms with Gasteiger partial charge in [0.2, 0.25) is 0 Å². The summed E-state index contributed by atoms with van der Waals surface area (Å²) in [4.78, 5) is 21.4. The van der Waals surface area contributed by atoms with Gasteiger partial charge in [-0.3, -0.25) is 14.6 Å². The third-order valence-corrected chi connectivity index (χ3v) is 8.45. The zero-order valence-corrected chi connectivity index (χ0v) is 24.9. The number of halogens is 5. The van der Waals surface area contributed by atoms with Gasteiger partial charge >= 0.3 is 6.18 Å². The summed E-state index contributed by atoms with van der Waals surface area (Å²) in [6.07, 6.45) is -4.44. The molecule has 2 fully saturated rings. The fourth-order valence-electron chi connectivity index (χ4n) is 5.56. The topological polar surface area (TPSA) is 59.5 Å². The molecule has 0 radical (unpaired) electrons. The molecule has 2 aromatic rings. The quantitative estimate of drug-likeness (QED) is 0.372. The van der Waals surface area contributed by atoms with Crippen LogP contribution in [0.2, 0.25) is 0 Å². The number of hydrogen-bond acceptors (Lipinski definition) is 6. The molecule has 41 heavy (non-hydrogen) atoms. The number of methoxy groups -OCH3 is 1. The molecule has 2 atom stereocenters. The van der Waals surface area contributed by atoms with E-state index in [1.54, 1.807) is 26.3 Å². The fourth-order valence-corrected chi connectivity index (χ4v) is 6.05. The molecular weight excluding hydrogens is 608 g/mol. The number of aliphatic hydroxyl groups excluding tert-OH is 1. The first-order valence-corrected chi connectivity index (χ1v) is 14.5. The number of benzene rings is 2. The highest BCUT2D eigenvalue weighted by Gasteiger charge is 2.35. The van der Waals surface area contributed by atoms with Gasteiger partial charge in [0.05, 0.1) is 12.2 Å². The Kier molecular flexibility index (Phi) is 10.8.